The van der Waals surface area contributed by atoms with E-state index in [1.165, 1.54) is 5.56 Å². The van der Waals surface area contributed by atoms with Crippen molar-refractivity contribution >= 4 is 39.2 Å². The third kappa shape index (κ3) is 4.95. The highest BCUT2D eigenvalue weighted by Crippen LogP contribution is 2.32. The molecule has 0 aliphatic carbocycles. The minimum absolute atomic E-state index is 0.0151. The largest absolute Gasteiger partial charge is 0.464 e. The Kier molecular flexibility index (Phi) is 6.54. The van der Waals surface area contributed by atoms with E-state index < -0.39 is 32.6 Å². The predicted octanol–water partition coefficient (Wildman–Crippen LogP) is 4.03. The maximum absolute atomic E-state index is 14.9. The lowest BCUT2D eigenvalue weighted by Crippen LogP contribution is -2.36. The van der Waals surface area contributed by atoms with E-state index in [9.17, 15) is 22.7 Å². The maximum atomic E-state index is 14.9. The smallest absolute Gasteiger partial charge is 0.427 e. The van der Waals surface area contributed by atoms with Gasteiger partial charge in [0.1, 0.15) is 17.0 Å². The molecule has 1 aromatic heterocycles. The second-order valence-electron chi connectivity index (χ2n) is 7.52. The molecular formula is C21H20ClFN4O5S. The van der Waals surface area contributed by atoms with Gasteiger partial charge in [-0.25, -0.2) is 17.6 Å². The topological polar surface area (TPSA) is 116 Å². The molecule has 0 spiro atoms. The van der Waals surface area contributed by atoms with E-state index in [1.54, 1.807) is 0 Å². The highest BCUT2D eigenvalue weighted by molar-refractivity contribution is 7.93. The van der Waals surface area contributed by atoms with E-state index in [1.807, 2.05) is 30.3 Å². The first-order valence-corrected chi connectivity index (χ1v) is 11.8. The molecule has 1 aliphatic heterocycles. The molecule has 1 saturated heterocycles. The van der Waals surface area contributed by atoms with Gasteiger partial charge in [0.25, 0.3) is 10.0 Å². The molecule has 12 heteroatoms. The number of carboxylic acid groups (broad SMARTS) is 1. The molecule has 3 aromatic rings. The third-order valence-electron chi connectivity index (χ3n) is 5.23. The Balaban J connectivity index is 1.51. The molecule has 174 valence electrons. The molecule has 1 unspecified atom stereocenters. The number of nitrogens with one attached hydrogen (secondary N) is 1. The van der Waals surface area contributed by atoms with Gasteiger partial charge in [-0.3, -0.25) is 4.90 Å². The minimum atomic E-state index is -4.85. The zero-order valence-electron chi connectivity index (χ0n) is 17.2. The van der Waals surface area contributed by atoms with E-state index in [0.29, 0.717) is 6.54 Å². The van der Waals surface area contributed by atoms with Crippen LogP contribution in [0.15, 0.2) is 64.2 Å². The molecule has 0 saturated carbocycles. The van der Waals surface area contributed by atoms with Gasteiger partial charge in [-0.15, -0.1) is 4.31 Å². The van der Waals surface area contributed by atoms with Crippen molar-refractivity contribution in [3.05, 3.63) is 71.2 Å². The molecule has 9 nitrogen and oxygen atoms in total. The van der Waals surface area contributed by atoms with Crippen molar-refractivity contribution in [3.8, 4) is 0 Å². The Morgan fingerprint density at radius 2 is 2.06 bits per heavy atom. The number of carbonyl (C=O) groups is 1. The van der Waals surface area contributed by atoms with Gasteiger partial charge in [0.2, 0.25) is 0 Å². The Labute approximate surface area is 194 Å². The number of anilines is 2. The van der Waals surface area contributed by atoms with Gasteiger partial charge in [0.15, 0.2) is 5.82 Å². The van der Waals surface area contributed by atoms with Crippen LogP contribution in [0.1, 0.15) is 12.0 Å². The number of likely N-dealkylation sites (tertiary alicyclic amines) is 1. The number of benzene rings is 2. The zero-order valence-corrected chi connectivity index (χ0v) is 18.8. The third-order valence-corrected chi connectivity index (χ3v) is 7.23. The summed E-state index contributed by atoms with van der Waals surface area (Å²) < 4.78 is 45.0. The first-order valence-electron chi connectivity index (χ1n) is 9.96. The highest BCUT2D eigenvalue weighted by Gasteiger charge is 2.36. The van der Waals surface area contributed by atoms with Crippen LogP contribution in [0.5, 0.6) is 0 Å². The molecule has 2 heterocycles. The van der Waals surface area contributed by atoms with Crippen molar-refractivity contribution in [3.63, 3.8) is 0 Å². The summed E-state index contributed by atoms with van der Waals surface area (Å²) >= 11 is 6.25. The molecule has 33 heavy (non-hydrogen) atoms. The number of sulfonamides is 1. The summed E-state index contributed by atoms with van der Waals surface area (Å²) in [5.41, 5.74) is 1.41. The van der Waals surface area contributed by atoms with Crippen molar-refractivity contribution in [2.75, 3.05) is 22.7 Å². The van der Waals surface area contributed by atoms with Crippen LogP contribution in [0.2, 0.25) is 5.02 Å². The molecule has 2 N–H and O–H groups in total. The van der Waals surface area contributed by atoms with Crippen LogP contribution in [0.3, 0.4) is 0 Å². The van der Waals surface area contributed by atoms with Crippen molar-refractivity contribution < 1.29 is 27.2 Å². The summed E-state index contributed by atoms with van der Waals surface area (Å²) in [5.74, 6) is -1.67. The zero-order chi connectivity index (χ0) is 23.6. The standard InChI is InChI=1S/C21H20ClFN4O5S/c22-16-10-19(33(30,31)27(21(28)29)20-7-9-32-25-20)17(23)11-18(16)24-15-6-8-26(13-15)12-14-4-2-1-3-5-14/h1-5,7,9-11,15,24H,6,8,12-13H2,(H,28,29). The van der Waals surface area contributed by atoms with Crippen LogP contribution in [-0.4, -0.2) is 48.8 Å². The molecule has 1 fully saturated rings. The number of aromatic nitrogens is 1. The van der Waals surface area contributed by atoms with Crippen molar-refractivity contribution in [1.29, 1.82) is 0 Å². The highest BCUT2D eigenvalue weighted by atomic mass is 35.5. The molecule has 0 radical (unpaired) electrons. The summed E-state index contributed by atoms with van der Waals surface area (Å²) in [4.78, 5) is 12.9. The fourth-order valence-electron chi connectivity index (χ4n) is 3.73. The lowest BCUT2D eigenvalue weighted by atomic mass is 10.2. The molecule has 2 aromatic carbocycles. The van der Waals surface area contributed by atoms with E-state index >= 15 is 0 Å². The lowest BCUT2D eigenvalue weighted by Gasteiger charge is -2.20. The Morgan fingerprint density at radius 3 is 2.73 bits per heavy atom. The van der Waals surface area contributed by atoms with E-state index in [0.717, 1.165) is 44.0 Å². The molecule has 0 bridgehead atoms. The SMILES string of the molecule is O=C(O)N(c1ccon1)S(=O)(=O)c1cc(Cl)c(NC2CCN(Cc3ccccc3)C2)cc1F. The van der Waals surface area contributed by atoms with Gasteiger partial charge >= 0.3 is 6.09 Å². The summed E-state index contributed by atoms with van der Waals surface area (Å²) in [6.07, 6.45) is -0.0741. The van der Waals surface area contributed by atoms with Crippen molar-refractivity contribution in [2.24, 2.45) is 0 Å². The van der Waals surface area contributed by atoms with Crippen LogP contribution in [0.25, 0.3) is 0 Å². The average molecular weight is 495 g/mol. The Bertz CT molecular complexity index is 1240. The Morgan fingerprint density at radius 1 is 1.30 bits per heavy atom. The number of hydrogen-bond acceptors (Lipinski definition) is 7. The number of rotatable bonds is 7. The van der Waals surface area contributed by atoms with Gasteiger partial charge < -0.3 is 14.9 Å². The van der Waals surface area contributed by atoms with Crippen LogP contribution < -0.4 is 9.62 Å². The van der Waals surface area contributed by atoms with E-state index in [4.69, 9.17) is 11.6 Å². The van der Waals surface area contributed by atoms with Crippen LogP contribution in [-0.2, 0) is 16.6 Å². The van der Waals surface area contributed by atoms with Crippen LogP contribution >= 0.6 is 11.6 Å². The summed E-state index contributed by atoms with van der Waals surface area (Å²) in [6.45, 7) is 2.32. The second kappa shape index (κ2) is 9.38. The number of nitrogens with zero attached hydrogens (tertiary/aromatic N) is 3. The lowest BCUT2D eigenvalue weighted by molar-refractivity contribution is 0.205. The van der Waals surface area contributed by atoms with Crippen molar-refractivity contribution in [1.82, 2.24) is 10.1 Å². The number of halogens is 2. The quantitative estimate of drug-likeness (QED) is 0.506. The molecular weight excluding hydrogens is 475 g/mol. The second-order valence-corrected chi connectivity index (χ2v) is 9.69. The van der Waals surface area contributed by atoms with Crippen LogP contribution in [0.4, 0.5) is 20.7 Å². The Hall–Kier alpha value is -3.15. The summed E-state index contributed by atoms with van der Waals surface area (Å²) in [7, 11) is -4.85. The predicted molar refractivity (Wildman–Crippen MR) is 119 cm³/mol. The molecule has 1 amide bonds. The monoisotopic (exact) mass is 494 g/mol. The first-order chi connectivity index (χ1) is 15.8. The average Bonchev–Trinajstić information content (AvgIpc) is 3.43. The molecule has 1 aliphatic rings. The van der Waals surface area contributed by atoms with Gasteiger partial charge in [0.05, 0.1) is 10.7 Å². The van der Waals surface area contributed by atoms with Crippen LogP contribution in [0, 0.1) is 5.82 Å². The van der Waals surface area contributed by atoms with Crippen molar-refractivity contribution in [2.45, 2.75) is 23.9 Å². The first kappa shape index (κ1) is 23.0. The summed E-state index contributed by atoms with van der Waals surface area (Å²) in [6, 6.07) is 12.9. The fourth-order valence-corrected chi connectivity index (χ4v) is 5.32. The summed E-state index contributed by atoms with van der Waals surface area (Å²) in [5, 5.41) is 15.8. The molecule has 1 atom stereocenters. The van der Waals surface area contributed by atoms with Gasteiger partial charge in [-0.2, -0.15) is 0 Å². The number of hydrogen-bond donors (Lipinski definition) is 2. The fraction of sp³-hybridized carbons (Fsp3) is 0.238. The maximum Gasteiger partial charge on any atom is 0.427 e. The van der Waals surface area contributed by atoms with E-state index in [2.05, 4.69) is 19.9 Å². The number of amides is 1. The van der Waals surface area contributed by atoms with Gasteiger partial charge in [-0.05, 0) is 24.1 Å². The normalized spacial score (nSPS) is 16.6. The van der Waals surface area contributed by atoms with Gasteiger partial charge in [-0.1, -0.05) is 47.1 Å². The molecule has 4 rings (SSSR count). The van der Waals surface area contributed by atoms with E-state index in [-0.39, 0.29) is 21.1 Å². The minimum Gasteiger partial charge on any atom is -0.464 e. The van der Waals surface area contributed by atoms with Gasteiger partial charge in [0, 0.05) is 31.7 Å².